The van der Waals surface area contributed by atoms with Crippen molar-refractivity contribution in [3.05, 3.63) is 99.2 Å². The fourth-order valence-corrected chi connectivity index (χ4v) is 6.33. The predicted molar refractivity (Wildman–Crippen MR) is 168 cm³/mol. The maximum Gasteiger partial charge on any atom is 0.254 e. The normalized spacial score (nSPS) is 16.3. The molecule has 2 amide bonds. The molecule has 4 aromatic rings. The second kappa shape index (κ2) is 13.5. The summed E-state index contributed by atoms with van der Waals surface area (Å²) in [6, 6.07) is 17.8. The standard InChI is InChI=1S/C33H39N5O4S/c1-21(2)29-18-30(36-42-29)37(4)19-28(39)26(16-23-10-6-5-7-11-23)35-31(40)24-12-8-13-25(17-24)33(41)38-15-9-14-27(38)32-34-22(3)20-43-32/h5-8,10-13,17-18,20-21,26-28,39H,9,14-16,19H2,1-4H3,(H,35,40)/t26-,27+,28+/m0/s1. The lowest BCUT2D eigenvalue weighted by Crippen LogP contribution is -2.49. The molecule has 2 N–H and O–H groups in total. The van der Waals surface area contributed by atoms with Crippen molar-refractivity contribution in [2.24, 2.45) is 0 Å². The molecule has 2 aromatic carbocycles. The summed E-state index contributed by atoms with van der Waals surface area (Å²) in [5.41, 5.74) is 2.76. The molecule has 1 aliphatic rings. The van der Waals surface area contributed by atoms with E-state index in [1.54, 1.807) is 35.6 Å². The number of aromatic nitrogens is 2. The number of aliphatic hydroxyl groups is 1. The molecule has 9 nitrogen and oxygen atoms in total. The maximum atomic E-state index is 13.6. The zero-order valence-corrected chi connectivity index (χ0v) is 25.9. The van der Waals surface area contributed by atoms with Gasteiger partial charge in [0.25, 0.3) is 11.8 Å². The highest BCUT2D eigenvalue weighted by Crippen LogP contribution is 2.35. The number of likely N-dealkylation sites (N-methyl/N-ethyl adjacent to an activating group) is 1. The Hall–Kier alpha value is -4.02. The fourth-order valence-electron chi connectivity index (χ4n) is 5.39. The number of likely N-dealkylation sites (tertiary alicyclic amines) is 1. The minimum absolute atomic E-state index is 0.0487. The van der Waals surface area contributed by atoms with Crippen molar-refractivity contribution in [3.8, 4) is 0 Å². The molecule has 10 heteroatoms. The van der Waals surface area contributed by atoms with Crippen LogP contribution in [0.3, 0.4) is 0 Å². The third kappa shape index (κ3) is 7.32. The van der Waals surface area contributed by atoms with Gasteiger partial charge in [-0.1, -0.05) is 55.4 Å². The molecule has 0 unspecified atom stereocenters. The SMILES string of the molecule is Cc1csc([C@H]2CCCN2C(=O)c2cccc(C(=O)N[C@@H](Cc3ccccc3)[C@H](O)CN(C)c3cc(C(C)C)on3)c2)n1. The Balaban J connectivity index is 1.31. The summed E-state index contributed by atoms with van der Waals surface area (Å²) in [5.74, 6) is 1.12. The monoisotopic (exact) mass is 601 g/mol. The number of nitrogens with zero attached hydrogens (tertiary/aromatic N) is 4. The van der Waals surface area contributed by atoms with E-state index in [1.165, 1.54) is 0 Å². The summed E-state index contributed by atoms with van der Waals surface area (Å²) in [5, 5.41) is 21.5. The number of amides is 2. The van der Waals surface area contributed by atoms with Crippen LogP contribution < -0.4 is 10.2 Å². The van der Waals surface area contributed by atoms with E-state index in [2.05, 4.69) is 15.5 Å². The van der Waals surface area contributed by atoms with E-state index in [0.29, 0.717) is 29.9 Å². The van der Waals surface area contributed by atoms with Crippen LogP contribution in [0, 0.1) is 6.92 Å². The van der Waals surface area contributed by atoms with Crippen molar-refractivity contribution < 1.29 is 19.2 Å². The van der Waals surface area contributed by atoms with Crippen molar-refractivity contribution >= 4 is 29.0 Å². The van der Waals surface area contributed by atoms with Crippen molar-refractivity contribution in [1.29, 1.82) is 0 Å². The molecule has 5 rings (SSSR count). The van der Waals surface area contributed by atoms with Crippen LogP contribution in [0.15, 0.2) is 70.6 Å². The van der Waals surface area contributed by atoms with E-state index < -0.39 is 12.1 Å². The van der Waals surface area contributed by atoms with E-state index in [0.717, 1.165) is 34.9 Å². The lowest BCUT2D eigenvalue weighted by atomic mass is 10.00. The Kier molecular flexibility index (Phi) is 9.57. The maximum absolute atomic E-state index is 13.6. The number of aryl methyl sites for hydroxylation is 1. The average Bonchev–Trinajstić information content (AvgIpc) is 3.78. The Labute approximate surface area is 256 Å². The fraction of sp³-hybridized carbons (Fsp3) is 0.394. The van der Waals surface area contributed by atoms with Gasteiger partial charge in [-0.3, -0.25) is 9.59 Å². The summed E-state index contributed by atoms with van der Waals surface area (Å²) < 4.78 is 5.43. The van der Waals surface area contributed by atoms with Gasteiger partial charge in [-0.05, 0) is 49.9 Å². The van der Waals surface area contributed by atoms with Gasteiger partial charge in [-0.15, -0.1) is 11.3 Å². The molecule has 1 fully saturated rings. The van der Waals surface area contributed by atoms with Crippen LogP contribution in [0.25, 0.3) is 0 Å². The van der Waals surface area contributed by atoms with Gasteiger partial charge in [0, 0.05) is 54.3 Å². The molecule has 1 aliphatic heterocycles. The van der Waals surface area contributed by atoms with Gasteiger partial charge in [0.15, 0.2) is 5.82 Å². The van der Waals surface area contributed by atoms with Crippen LogP contribution in [0.5, 0.6) is 0 Å². The molecule has 226 valence electrons. The van der Waals surface area contributed by atoms with Crippen LogP contribution in [0.2, 0.25) is 0 Å². The molecule has 0 aliphatic carbocycles. The molecule has 3 atom stereocenters. The number of hydrogen-bond acceptors (Lipinski definition) is 8. The summed E-state index contributed by atoms with van der Waals surface area (Å²) in [4.78, 5) is 35.5. The Bertz CT molecular complexity index is 1530. The highest BCUT2D eigenvalue weighted by Gasteiger charge is 2.33. The zero-order chi connectivity index (χ0) is 30.5. The van der Waals surface area contributed by atoms with Gasteiger partial charge < -0.3 is 24.7 Å². The van der Waals surface area contributed by atoms with Crippen molar-refractivity contribution in [3.63, 3.8) is 0 Å². The molecular formula is C33H39N5O4S. The Morgan fingerprint density at radius 3 is 2.60 bits per heavy atom. The van der Waals surface area contributed by atoms with Crippen molar-refractivity contribution in [2.45, 2.75) is 64.1 Å². The van der Waals surface area contributed by atoms with Gasteiger partial charge in [0.2, 0.25) is 0 Å². The topological polar surface area (TPSA) is 112 Å². The van der Waals surface area contributed by atoms with Crippen LogP contribution in [0.4, 0.5) is 5.82 Å². The van der Waals surface area contributed by atoms with E-state index in [4.69, 9.17) is 4.52 Å². The number of thiazole rings is 1. The molecule has 1 saturated heterocycles. The largest absolute Gasteiger partial charge is 0.389 e. The van der Waals surface area contributed by atoms with Gasteiger partial charge in [-0.2, -0.15) is 0 Å². The highest BCUT2D eigenvalue weighted by atomic mass is 32.1. The number of anilines is 1. The van der Waals surface area contributed by atoms with Gasteiger partial charge in [0.1, 0.15) is 10.8 Å². The number of aliphatic hydroxyl groups excluding tert-OH is 1. The minimum Gasteiger partial charge on any atom is -0.389 e. The van der Waals surface area contributed by atoms with Crippen LogP contribution in [0.1, 0.15) is 81.4 Å². The van der Waals surface area contributed by atoms with E-state index in [1.807, 2.05) is 79.4 Å². The summed E-state index contributed by atoms with van der Waals surface area (Å²) >= 11 is 1.58. The summed E-state index contributed by atoms with van der Waals surface area (Å²) in [6.45, 7) is 6.89. The Morgan fingerprint density at radius 1 is 1.14 bits per heavy atom. The zero-order valence-electron chi connectivity index (χ0n) is 25.1. The molecule has 2 aromatic heterocycles. The molecular weight excluding hydrogens is 562 g/mol. The molecule has 3 heterocycles. The van der Waals surface area contributed by atoms with Crippen molar-refractivity contribution in [1.82, 2.24) is 20.4 Å². The number of benzene rings is 2. The number of nitrogens with one attached hydrogen (secondary N) is 1. The average molecular weight is 602 g/mol. The molecule has 0 spiro atoms. The lowest BCUT2D eigenvalue weighted by molar-refractivity contribution is 0.0735. The third-order valence-corrected chi connectivity index (χ3v) is 8.89. The predicted octanol–water partition coefficient (Wildman–Crippen LogP) is 5.38. The molecule has 0 bridgehead atoms. The third-order valence-electron chi connectivity index (χ3n) is 7.82. The van der Waals surface area contributed by atoms with E-state index >= 15 is 0 Å². The minimum atomic E-state index is -0.912. The van der Waals surface area contributed by atoms with Crippen molar-refractivity contribution in [2.75, 3.05) is 25.0 Å². The molecule has 0 saturated carbocycles. The Morgan fingerprint density at radius 2 is 1.91 bits per heavy atom. The number of carbonyl (C=O) groups is 2. The summed E-state index contributed by atoms with van der Waals surface area (Å²) in [6.07, 6.45) is 1.30. The van der Waals surface area contributed by atoms with Gasteiger partial charge >= 0.3 is 0 Å². The number of rotatable bonds is 11. The van der Waals surface area contributed by atoms with Gasteiger partial charge in [-0.25, -0.2) is 4.98 Å². The molecule has 0 radical (unpaired) electrons. The quantitative estimate of drug-likeness (QED) is 0.237. The first-order valence-electron chi connectivity index (χ1n) is 14.7. The first-order chi connectivity index (χ1) is 20.7. The summed E-state index contributed by atoms with van der Waals surface area (Å²) in [7, 11) is 1.83. The number of hydrogen-bond donors (Lipinski definition) is 2. The second-order valence-corrected chi connectivity index (χ2v) is 12.4. The van der Waals surface area contributed by atoms with E-state index in [-0.39, 0.29) is 30.3 Å². The lowest BCUT2D eigenvalue weighted by Gasteiger charge is -2.28. The van der Waals surface area contributed by atoms with Crippen LogP contribution >= 0.6 is 11.3 Å². The second-order valence-electron chi connectivity index (χ2n) is 11.5. The van der Waals surface area contributed by atoms with Crippen LogP contribution in [-0.4, -0.2) is 64.2 Å². The first-order valence-corrected chi connectivity index (χ1v) is 15.6. The van der Waals surface area contributed by atoms with E-state index in [9.17, 15) is 14.7 Å². The molecule has 43 heavy (non-hydrogen) atoms. The van der Waals surface area contributed by atoms with Gasteiger partial charge in [0.05, 0.1) is 18.2 Å². The smallest absolute Gasteiger partial charge is 0.254 e. The number of carbonyl (C=O) groups excluding carboxylic acids is 2. The first kappa shape index (κ1) is 30.4. The highest BCUT2D eigenvalue weighted by molar-refractivity contribution is 7.09. The van der Waals surface area contributed by atoms with Crippen LogP contribution in [-0.2, 0) is 6.42 Å².